The zero-order valence-corrected chi connectivity index (χ0v) is 16.3. The van der Waals surface area contributed by atoms with E-state index in [9.17, 15) is 4.79 Å². The lowest BCUT2D eigenvalue weighted by molar-refractivity contribution is 0.102. The van der Waals surface area contributed by atoms with Crippen molar-refractivity contribution in [3.05, 3.63) is 76.1 Å². The highest BCUT2D eigenvalue weighted by atomic mass is 16.1. The predicted molar refractivity (Wildman–Crippen MR) is 110 cm³/mol. The minimum Gasteiger partial charge on any atom is -0.324 e. The van der Waals surface area contributed by atoms with Gasteiger partial charge in [-0.2, -0.15) is 0 Å². The minimum absolute atomic E-state index is 0.247. The standard InChI is InChI=1S/C22H24N4O/c1-13-10-15(3)20(16(4)11-13)26-21(27)19-12-17(5)23-22(25-19)24-18-9-7-6-8-14(18)2/h6-12H,1-5H3,(H,26,27)(H,23,24,25). The maximum Gasteiger partial charge on any atom is 0.274 e. The van der Waals surface area contributed by atoms with E-state index in [2.05, 4.69) is 32.7 Å². The van der Waals surface area contributed by atoms with Crippen LogP contribution in [0.25, 0.3) is 0 Å². The Morgan fingerprint density at radius 3 is 2.19 bits per heavy atom. The lowest BCUT2D eigenvalue weighted by Gasteiger charge is -2.14. The molecule has 0 spiro atoms. The van der Waals surface area contributed by atoms with Crippen LogP contribution in [0, 0.1) is 34.6 Å². The smallest absolute Gasteiger partial charge is 0.274 e. The first kappa shape index (κ1) is 18.6. The van der Waals surface area contributed by atoms with Crippen LogP contribution in [-0.2, 0) is 0 Å². The molecule has 0 aliphatic carbocycles. The monoisotopic (exact) mass is 360 g/mol. The predicted octanol–water partition coefficient (Wildman–Crippen LogP) is 5.01. The number of carbonyl (C=O) groups is 1. The van der Waals surface area contributed by atoms with Crippen LogP contribution in [0.3, 0.4) is 0 Å². The molecule has 0 radical (unpaired) electrons. The summed E-state index contributed by atoms with van der Waals surface area (Å²) >= 11 is 0. The Hall–Kier alpha value is -3.21. The van der Waals surface area contributed by atoms with E-state index >= 15 is 0 Å². The lowest BCUT2D eigenvalue weighted by Crippen LogP contribution is -2.17. The average Bonchev–Trinajstić information content (AvgIpc) is 2.59. The van der Waals surface area contributed by atoms with E-state index in [4.69, 9.17) is 0 Å². The van der Waals surface area contributed by atoms with Gasteiger partial charge in [0.05, 0.1) is 0 Å². The molecule has 0 atom stereocenters. The van der Waals surface area contributed by atoms with E-state index in [1.807, 2.05) is 58.9 Å². The van der Waals surface area contributed by atoms with Crippen LogP contribution in [0.5, 0.6) is 0 Å². The van der Waals surface area contributed by atoms with Crippen LogP contribution in [-0.4, -0.2) is 15.9 Å². The van der Waals surface area contributed by atoms with E-state index in [0.717, 1.165) is 33.8 Å². The summed E-state index contributed by atoms with van der Waals surface area (Å²) < 4.78 is 0. The lowest BCUT2D eigenvalue weighted by atomic mass is 10.0. The highest BCUT2D eigenvalue weighted by Crippen LogP contribution is 2.23. The molecule has 138 valence electrons. The van der Waals surface area contributed by atoms with Gasteiger partial charge in [-0.25, -0.2) is 9.97 Å². The van der Waals surface area contributed by atoms with Gasteiger partial charge in [-0.05, 0) is 63.4 Å². The molecule has 0 aliphatic rings. The molecule has 2 N–H and O–H groups in total. The molecule has 0 saturated carbocycles. The summed E-state index contributed by atoms with van der Waals surface area (Å²) in [6.45, 7) is 9.89. The van der Waals surface area contributed by atoms with Crippen LogP contribution >= 0.6 is 0 Å². The average molecular weight is 360 g/mol. The van der Waals surface area contributed by atoms with Gasteiger partial charge in [0.2, 0.25) is 5.95 Å². The van der Waals surface area contributed by atoms with Gasteiger partial charge < -0.3 is 10.6 Å². The zero-order valence-electron chi connectivity index (χ0n) is 16.3. The maximum atomic E-state index is 12.8. The topological polar surface area (TPSA) is 66.9 Å². The fourth-order valence-electron chi connectivity index (χ4n) is 3.13. The van der Waals surface area contributed by atoms with Gasteiger partial charge in [0.1, 0.15) is 5.69 Å². The Morgan fingerprint density at radius 2 is 1.52 bits per heavy atom. The van der Waals surface area contributed by atoms with Crippen molar-refractivity contribution in [2.45, 2.75) is 34.6 Å². The number of amides is 1. The molecule has 0 bridgehead atoms. The molecule has 27 heavy (non-hydrogen) atoms. The second kappa shape index (κ2) is 7.58. The van der Waals surface area contributed by atoms with Crippen molar-refractivity contribution in [2.24, 2.45) is 0 Å². The molecule has 1 amide bonds. The first-order valence-electron chi connectivity index (χ1n) is 8.91. The summed E-state index contributed by atoms with van der Waals surface area (Å²) in [5.41, 5.74) is 7.12. The highest BCUT2D eigenvalue weighted by molar-refractivity contribution is 6.04. The Morgan fingerprint density at radius 1 is 0.852 bits per heavy atom. The third kappa shape index (κ3) is 4.31. The number of carbonyl (C=O) groups excluding carboxylic acids is 1. The third-order valence-corrected chi connectivity index (χ3v) is 4.39. The second-order valence-corrected chi connectivity index (χ2v) is 6.89. The SMILES string of the molecule is Cc1cc(C)c(NC(=O)c2cc(C)nc(Nc3ccccc3C)n2)c(C)c1. The van der Waals surface area contributed by atoms with Gasteiger partial charge in [-0.1, -0.05) is 35.9 Å². The Labute approximate surface area is 159 Å². The minimum atomic E-state index is -0.247. The molecular weight excluding hydrogens is 336 g/mol. The third-order valence-electron chi connectivity index (χ3n) is 4.39. The van der Waals surface area contributed by atoms with E-state index in [1.165, 1.54) is 5.56 Å². The number of hydrogen-bond acceptors (Lipinski definition) is 4. The fourth-order valence-corrected chi connectivity index (χ4v) is 3.13. The summed E-state index contributed by atoms with van der Waals surface area (Å²) in [7, 11) is 0. The number of benzene rings is 2. The van der Waals surface area contributed by atoms with E-state index in [1.54, 1.807) is 6.07 Å². The number of aromatic nitrogens is 2. The molecule has 5 heteroatoms. The number of rotatable bonds is 4. The van der Waals surface area contributed by atoms with Gasteiger partial charge in [0.25, 0.3) is 5.91 Å². The molecule has 0 fully saturated rings. The molecule has 5 nitrogen and oxygen atoms in total. The fraction of sp³-hybridized carbons (Fsp3) is 0.227. The van der Waals surface area contributed by atoms with Gasteiger partial charge in [0.15, 0.2) is 0 Å². The maximum absolute atomic E-state index is 12.8. The zero-order chi connectivity index (χ0) is 19.6. The first-order valence-corrected chi connectivity index (χ1v) is 8.91. The molecule has 1 aromatic heterocycles. The Balaban J connectivity index is 1.88. The van der Waals surface area contributed by atoms with Crippen LogP contribution in [0.15, 0.2) is 42.5 Å². The molecule has 0 unspecified atom stereocenters. The van der Waals surface area contributed by atoms with Crippen LogP contribution in [0.2, 0.25) is 0 Å². The van der Waals surface area contributed by atoms with E-state index < -0.39 is 0 Å². The number of hydrogen-bond donors (Lipinski definition) is 2. The van der Waals surface area contributed by atoms with Gasteiger partial charge in [0, 0.05) is 17.1 Å². The van der Waals surface area contributed by atoms with E-state index in [0.29, 0.717) is 11.6 Å². The highest BCUT2D eigenvalue weighted by Gasteiger charge is 2.14. The summed E-state index contributed by atoms with van der Waals surface area (Å²) in [6, 6.07) is 13.7. The molecule has 3 aromatic rings. The number of nitrogens with one attached hydrogen (secondary N) is 2. The Bertz CT molecular complexity index is 988. The number of aryl methyl sites for hydroxylation is 5. The van der Waals surface area contributed by atoms with Crippen molar-refractivity contribution >= 4 is 23.2 Å². The van der Waals surface area contributed by atoms with Crippen LogP contribution in [0.1, 0.15) is 38.4 Å². The molecule has 0 saturated heterocycles. The number of nitrogens with zero attached hydrogens (tertiary/aromatic N) is 2. The molecule has 0 aliphatic heterocycles. The van der Waals surface area contributed by atoms with Gasteiger partial charge in [-0.3, -0.25) is 4.79 Å². The van der Waals surface area contributed by atoms with Crippen LogP contribution in [0.4, 0.5) is 17.3 Å². The molecule has 1 heterocycles. The van der Waals surface area contributed by atoms with Gasteiger partial charge in [-0.15, -0.1) is 0 Å². The van der Waals surface area contributed by atoms with Crippen molar-refractivity contribution in [2.75, 3.05) is 10.6 Å². The summed E-state index contributed by atoms with van der Waals surface area (Å²) in [5.74, 6) is 0.162. The molecular formula is C22H24N4O. The van der Waals surface area contributed by atoms with E-state index in [-0.39, 0.29) is 5.91 Å². The summed E-state index contributed by atoms with van der Waals surface area (Å²) in [6.07, 6.45) is 0. The quantitative estimate of drug-likeness (QED) is 0.686. The largest absolute Gasteiger partial charge is 0.324 e. The molecule has 2 aromatic carbocycles. The summed E-state index contributed by atoms with van der Waals surface area (Å²) in [5, 5.41) is 6.19. The van der Waals surface area contributed by atoms with Crippen molar-refractivity contribution < 1.29 is 4.79 Å². The van der Waals surface area contributed by atoms with Crippen molar-refractivity contribution in [3.8, 4) is 0 Å². The molecule has 3 rings (SSSR count). The normalized spacial score (nSPS) is 10.6. The summed E-state index contributed by atoms with van der Waals surface area (Å²) in [4.78, 5) is 21.6. The van der Waals surface area contributed by atoms with Crippen molar-refractivity contribution in [3.63, 3.8) is 0 Å². The van der Waals surface area contributed by atoms with Crippen molar-refractivity contribution in [1.82, 2.24) is 9.97 Å². The number of anilines is 3. The Kier molecular flexibility index (Phi) is 5.21. The number of para-hydroxylation sites is 1. The second-order valence-electron chi connectivity index (χ2n) is 6.89. The first-order chi connectivity index (χ1) is 12.8. The van der Waals surface area contributed by atoms with Crippen LogP contribution < -0.4 is 10.6 Å². The van der Waals surface area contributed by atoms with Crippen molar-refractivity contribution in [1.29, 1.82) is 0 Å². The van der Waals surface area contributed by atoms with Gasteiger partial charge >= 0.3 is 0 Å².